The smallest absolute Gasteiger partial charge is 0.416 e. The molecule has 1 N–H and O–H groups in total. The number of ether oxygens (including phenoxy) is 1. The molecule has 3 aromatic carbocycles. The minimum absolute atomic E-state index is 0.00729. The van der Waals surface area contributed by atoms with Crippen LogP contribution in [0.1, 0.15) is 27.0 Å². The highest BCUT2D eigenvalue weighted by molar-refractivity contribution is 6.05. The normalized spacial score (nSPS) is 13.8. The fraction of sp³-hybridized carbons (Fsp3) is 0.167. The number of anilines is 2. The van der Waals surface area contributed by atoms with Gasteiger partial charge in [0.2, 0.25) is 0 Å². The van der Waals surface area contributed by atoms with Crippen LogP contribution >= 0.6 is 0 Å². The summed E-state index contributed by atoms with van der Waals surface area (Å²) in [5, 5.41) is 2.26. The number of amides is 2. The topological polar surface area (TPSA) is 58.6 Å². The van der Waals surface area contributed by atoms with E-state index in [0.717, 1.165) is 0 Å². The van der Waals surface area contributed by atoms with Gasteiger partial charge < -0.3 is 15.0 Å². The number of carbonyl (C=O) groups is 2. The lowest BCUT2D eigenvalue weighted by molar-refractivity contribution is -0.143. The van der Waals surface area contributed by atoms with Crippen molar-refractivity contribution in [2.45, 2.75) is 18.9 Å². The Morgan fingerprint density at radius 1 is 0.889 bits per heavy atom. The summed E-state index contributed by atoms with van der Waals surface area (Å²) in [6, 6.07) is 9.92. The van der Waals surface area contributed by atoms with Gasteiger partial charge in [-0.3, -0.25) is 9.59 Å². The Morgan fingerprint density at radius 3 is 2.08 bits per heavy atom. The summed E-state index contributed by atoms with van der Waals surface area (Å²) >= 11 is 0. The van der Waals surface area contributed by atoms with E-state index >= 15 is 0 Å². The first-order valence-electron chi connectivity index (χ1n) is 10.2. The molecule has 0 saturated heterocycles. The third-order valence-electron chi connectivity index (χ3n) is 5.26. The van der Waals surface area contributed by atoms with Gasteiger partial charge >= 0.3 is 12.4 Å². The Morgan fingerprint density at radius 2 is 1.50 bits per heavy atom. The van der Waals surface area contributed by atoms with Crippen molar-refractivity contribution in [3.8, 4) is 5.75 Å². The summed E-state index contributed by atoms with van der Waals surface area (Å²) in [6.07, 6.45) is -10.2. The zero-order valence-electron chi connectivity index (χ0n) is 18.0. The van der Waals surface area contributed by atoms with E-state index in [1.165, 1.54) is 47.4 Å². The standard InChI is InChI=1S/C24H15F7N2O3/c25-17-3-1-13(2-4-17)11-33-19-10-18(5-6-20(19)36-12-21(33)34)32-22(35)14-7-15(23(26,27)28)9-16(8-14)24(29,30)31/h1-10H,11-12H2,(H,32,35). The molecule has 0 aromatic heterocycles. The highest BCUT2D eigenvalue weighted by atomic mass is 19.4. The lowest BCUT2D eigenvalue weighted by Crippen LogP contribution is -2.38. The summed E-state index contributed by atoms with van der Waals surface area (Å²) in [6.45, 7) is -0.264. The van der Waals surface area contributed by atoms with Crippen LogP contribution in [0.2, 0.25) is 0 Å². The van der Waals surface area contributed by atoms with Crippen molar-refractivity contribution in [2.24, 2.45) is 0 Å². The summed E-state index contributed by atoms with van der Waals surface area (Å²) < 4.78 is 97.3. The Hall–Kier alpha value is -4.09. The summed E-state index contributed by atoms with van der Waals surface area (Å²) in [4.78, 5) is 26.4. The SMILES string of the molecule is O=C(Nc1ccc2c(c1)N(Cc1ccc(F)cc1)C(=O)CO2)c1cc(C(F)(F)F)cc(C(F)(F)F)c1. The predicted octanol–water partition coefficient (Wildman–Crippen LogP) is 6.04. The molecule has 1 heterocycles. The van der Waals surface area contributed by atoms with Crippen LogP contribution < -0.4 is 15.0 Å². The number of hydrogen-bond donors (Lipinski definition) is 1. The molecule has 5 nitrogen and oxygen atoms in total. The molecule has 0 atom stereocenters. The first kappa shape index (κ1) is 25.0. The second-order valence-electron chi connectivity index (χ2n) is 7.83. The van der Waals surface area contributed by atoms with Crippen LogP contribution in [0.5, 0.6) is 5.75 Å². The minimum Gasteiger partial charge on any atom is -0.482 e. The van der Waals surface area contributed by atoms with Gasteiger partial charge in [-0.15, -0.1) is 0 Å². The van der Waals surface area contributed by atoms with E-state index in [1.54, 1.807) is 0 Å². The average molecular weight is 512 g/mol. The van der Waals surface area contributed by atoms with Gasteiger partial charge in [-0.25, -0.2) is 4.39 Å². The lowest BCUT2D eigenvalue weighted by atomic mass is 10.0. The molecule has 12 heteroatoms. The Bertz CT molecular complexity index is 1290. The van der Waals surface area contributed by atoms with Crippen LogP contribution in [-0.4, -0.2) is 18.4 Å². The van der Waals surface area contributed by atoms with Gasteiger partial charge in [0.1, 0.15) is 11.6 Å². The second kappa shape index (κ2) is 9.17. The number of halogens is 7. The van der Waals surface area contributed by atoms with Crippen LogP contribution in [0.3, 0.4) is 0 Å². The van der Waals surface area contributed by atoms with E-state index < -0.39 is 46.7 Å². The van der Waals surface area contributed by atoms with Gasteiger partial charge in [-0.1, -0.05) is 12.1 Å². The third kappa shape index (κ3) is 5.42. The highest BCUT2D eigenvalue weighted by Crippen LogP contribution is 2.38. The molecule has 0 fully saturated rings. The van der Waals surface area contributed by atoms with E-state index in [2.05, 4.69) is 5.32 Å². The van der Waals surface area contributed by atoms with Crippen molar-refractivity contribution in [1.82, 2.24) is 0 Å². The summed E-state index contributed by atoms with van der Waals surface area (Å²) in [7, 11) is 0. The van der Waals surface area contributed by atoms with Crippen LogP contribution in [0.25, 0.3) is 0 Å². The Kier molecular flexibility index (Phi) is 6.37. The Labute approximate surface area is 199 Å². The molecular formula is C24H15F7N2O3. The van der Waals surface area contributed by atoms with Gasteiger partial charge in [0.25, 0.3) is 11.8 Å². The van der Waals surface area contributed by atoms with Gasteiger partial charge in [-0.2, -0.15) is 26.3 Å². The largest absolute Gasteiger partial charge is 0.482 e. The van der Waals surface area contributed by atoms with E-state index in [4.69, 9.17) is 4.74 Å². The van der Waals surface area contributed by atoms with Gasteiger partial charge in [0, 0.05) is 11.3 Å². The number of fused-ring (bicyclic) bond motifs is 1. The summed E-state index contributed by atoms with van der Waals surface area (Å²) in [5.41, 5.74) is -3.34. The van der Waals surface area contributed by atoms with Crippen molar-refractivity contribution >= 4 is 23.2 Å². The van der Waals surface area contributed by atoms with Crippen LogP contribution in [0.4, 0.5) is 42.1 Å². The molecule has 1 aliphatic heterocycles. The van der Waals surface area contributed by atoms with Crippen molar-refractivity contribution < 1.29 is 45.1 Å². The fourth-order valence-corrected chi connectivity index (χ4v) is 3.51. The number of nitrogens with zero attached hydrogens (tertiary/aromatic N) is 1. The number of carbonyl (C=O) groups excluding carboxylic acids is 2. The van der Waals surface area contributed by atoms with E-state index in [9.17, 15) is 40.3 Å². The van der Waals surface area contributed by atoms with Gasteiger partial charge in [0.15, 0.2) is 6.61 Å². The molecule has 0 aliphatic carbocycles. The molecule has 3 aromatic rings. The molecule has 0 radical (unpaired) electrons. The predicted molar refractivity (Wildman–Crippen MR) is 114 cm³/mol. The summed E-state index contributed by atoms with van der Waals surface area (Å²) in [5.74, 6) is -1.89. The number of rotatable bonds is 4. The number of hydrogen-bond acceptors (Lipinski definition) is 3. The molecule has 2 amide bonds. The first-order valence-corrected chi connectivity index (χ1v) is 10.2. The van der Waals surface area contributed by atoms with E-state index in [1.807, 2.05) is 0 Å². The second-order valence-corrected chi connectivity index (χ2v) is 7.83. The third-order valence-corrected chi connectivity index (χ3v) is 5.26. The van der Waals surface area contributed by atoms with Crippen LogP contribution in [-0.2, 0) is 23.7 Å². The highest BCUT2D eigenvalue weighted by Gasteiger charge is 2.37. The molecule has 4 rings (SSSR count). The van der Waals surface area contributed by atoms with Crippen molar-refractivity contribution in [3.63, 3.8) is 0 Å². The monoisotopic (exact) mass is 512 g/mol. The van der Waals surface area contributed by atoms with Crippen molar-refractivity contribution in [2.75, 3.05) is 16.8 Å². The van der Waals surface area contributed by atoms with Crippen LogP contribution in [0.15, 0.2) is 60.7 Å². The molecule has 0 unspecified atom stereocenters. The quantitative estimate of drug-likeness (QED) is 0.434. The van der Waals surface area contributed by atoms with Gasteiger partial charge in [-0.05, 0) is 54.1 Å². The molecule has 0 bridgehead atoms. The first-order chi connectivity index (χ1) is 16.8. The van der Waals surface area contributed by atoms with Crippen LogP contribution in [0, 0.1) is 5.82 Å². The fourth-order valence-electron chi connectivity index (χ4n) is 3.51. The molecule has 0 spiro atoms. The number of benzene rings is 3. The zero-order chi connectivity index (χ0) is 26.3. The van der Waals surface area contributed by atoms with Gasteiger partial charge in [0.05, 0.1) is 23.4 Å². The van der Waals surface area contributed by atoms with Crippen molar-refractivity contribution in [1.29, 1.82) is 0 Å². The zero-order valence-corrected chi connectivity index (χ0v) is 18.0. The van der Waals surface area contributed by atoms with E-state index in [0.29, 0.717) is 17.7 Å². The number of nitrogens with one attached hydrogen (secondary N) is 1. The molecule has 188 valence electrons. The van der Waals surface area contributed by atoms with Crippen molar-refractivity contribution in [3.05, 3.63) is 88.7 Å². The number of alkyl halides is 6. The molecule has 36 heavy (non-hydrogen) atoms. The minimum atomic E-state index is -5.11. The maximum atomic E-state index is 13.2. The Balaban J connectivity index is 1.64. The lowest BCUT2D eigenvalue weighted by Gasteiger charge is -2.30. The molecule has 1 aliphatic rings. The average Bonchev–Trinajstić information content (AvgIpc) is 2.81. The maximum Gasteiger partial charge on any atom is 0.416 e. The molecule has 0 saturated carbocycles. The molecular weight excluding hydrogens is 497 g/mol. The van der Waals surface area contributed by atoms with E-state index in [-0.39, 0.29) is 36.3 Å². The maximum absolute atomic E-state index is 13.2.